The van der Waals surface area contributed by atoms with Crippen LogP contribution in [0.4, 0.5) is 23.4 Å². The third-order valence-electron chi connectivity index (χ3n) is 5.92. The second-order valence-corrected chi connectivity index (χ2v) is 10.4. The lowest BCUT2D eigenvalue weighted by Gasteiger charge is -2.31. The first kappa shape index (κ1) is 28.6. The van der Waals surface area contributed by atoms with Crippen LogP contribution in [-0.2, 0) is 13.8 Å². The summed E-state index contributed by atoms with van der Waals surface area (Å²) in [6.07, 6.45) is -10.8. The number of nitrogen functional groups attached to an aromatic ring is 1. The van der Waals surface area contributed by atoms with E-state index >= 15 is 4.39 Å². The van der Waals surface area contributed by atoms with Crippen molar-refractivity contribution in [3.63, 3.8) is 0 Å². The van der Waals surface area contributed by atoms with Crippen molar-refractivity contribution in [2.45, 2.75) is 44.4 Å². The topological polar surface area (TPSA) is 135 Å². The average molecular weight is 573 g/mol. The first-order chi connectivity index (χ1) is 18.3. The van der Waals surface area contributed by atoms with Gasteiger partial charge in [-0.05, 0) is 38.1 Å². The van der Waals surface area contributed by atoms with Crippen molar-refractivity contribution in [3.8, 4) is 11.5 Å². The van der Waals surface area contributed by atoms with Crippen LogP contribution >= 0.6 is 7.82 Å². The van der Waals surface area contributed by atoms with Crippen molar-refractivity contribution in [2.24, 2.45) is 0 Å². The summed E-state index contributed by atoms with van der Waals surface area (Å²) in [6, 6.07) is 12.2. The fraction of sp³-hybridized carbons (Fsp3) is 0.333. The normalized spacial score (nSPS) is 23.2. The maximum atomic E-state index is 15.1. The highest BCUT2D eigenvalue weighted by molar-refractivity contribution is 7.49. The standard InChI is InChI=1S/C24H24F4N3O7P/c1-13-3-7-15(8-4-13)37-39(34,38-16-9-5-14(2)6-10-16)35-12-24(22(27)28)19(32)18(26)21(36-24)31-11-17(25)20(29)30-23(31)33/h3-11,18-19,21-22,32H,12H2,1-2H3,(H2,29,30,33)/t18-,19-,21+,24+/m0/s1. The van der Waals surface area contributed by atoms with Crippen LogP contribution in [0.25, 0.3) is 0 Å². The number of hydrogen-bond donors (Lipinski definition) is 2. The molecule has 0 amide bonds. The third-order valence-corrected chi connectivity index (χ3v) is 7.23. The van der Waals surface area contributed by atoms with Crippen LogP contribution in [0, 0.1) is 19.7 Å². The van der Waals surface area contributed by atoms with Gasteiger partial charge in [0.05, 0.1) is 12.8 Å². The Kier molecular flexibility index (Phi) is 8.03. The third kappa shape index (κ3) is 5.93. The molecule has 3 N–H and O–H groups in total. The van der Waals surface area contributed by atoms with E-state index in [2.05, 4.69) is 4.98 Å². The lowest BCUT2D eigenvalue weighted by atomic mass is 9.97. The van der Waals surface area contributed by atoms with Gasteiger partial charge in [-0.3, -0.25) is 9.09 Å². The quantitative estimate of drug-likeness (QED) is 0.287. The van der Waals surface area contributed by atoms with Crippen molar-refractivity contribution in [3.05, 3.63) is 82.2 Å². The lowest BCUT2D eigenvalue weighted by molar-refractivity contribution is -0.193. The summed E-state index contributed by atoms with van der Waals surface area (Å²) < 4.78 is 92.8. The van der Waals surface area contributed by atoms with Crippen LogP contribution in [0.3, 0.4) is 0 Å². The fourth-order valence-electron chi connectivity index (χ4n) is 3.71. The summed E-state index contributed by atoms with van der Waals surface area (Å²) in [5.41, 5.74) is 2.38. The number of halogens is 4. The van der Waals surface area contributed by atoms with Crippen LogP contribution in [0.5, 0.6) is 11.5 Å². The molecule has 1 aromatic heterocycles. The highest BCUT2D eigenvalue weighted by Crippen LogP contribution is 2.52. The number of aliphatic hydroxyl groups is 1. The van der Waals surface area contributed by atoms with E-state index in [0.29, 0.717) is 6.20 Å². The number of anilines is 1. The second kappa shape index (κ2) is 11.0. The molecule has 4 atom stereocenters. The number of rotatable bonds is 9. The Balaban J connectivity index is 1.65. The number of phosphoric ester groups is 1. The zero-order valence-corrected chi connectivity index (χ0v) is 21.4. The molecule has 0 unspecified atom stereocenters. The molecule has 2 heterocycles. The first-order valence-electron chi connectivity index (χ1n) is 11.4. The predicted molar refractivity (Wildman–Crippen MR) is 130 cm³/mol. The van der Waals surface area contributed by atoms with Gasteiger partial charge in [0.2, 0.25) is 0 Å². The molecular formula is C24H24F4N3O7P. The molecule has 0 spiro atoms. The molecule has 1 aliphatic rings. The zero-order valence-electron chi connectivity index (χ0n) is 20.5. The van der Waals surface area contributed by atoms with Crippen molar-refractivity contribution < 1.29 is 45.5 Å². The molecule has 10 nitrogen and oxygen atoms in total. The molecule has 1 fully saturated rings. The number of benzene rings is 2. The van der Waals surface area contributed by atoms with Crippen molar-refractivity contribution in [2.75, 3.05) is 12.3 Å². The van der Waals surface area contributed by atoms with E-state index in [1.807, 2.05) is 0 Å². The van der Waals surface area contributed by atoms with Crippen LogP contribution in [0.15, 0.2) is 59.5 Å². The number of nitrogens with two attached hydrogens (primary N) is 1. The molecule has 15 heteroatoms. The number of alkyl halides is 3. The summed E-state index contributed by atoms with van der Waals surface area (Å²) in [7, 11) is -4.79. The molecule has 210 valence electrons. The molecule has 0 saturated carbocycles. The number of phosphoric acid groups is 1. The molecule has 4 rings (SSSR count). The van der Waals surface area contributed by atoms with Crippen LogP contribution in [0.2, 0.25) is 0 Å². The van der Waals surface area contributed by atoms with Gasteiger partial charge < -0.3 is 24.6 Å². The van der Waals surface area contributed by atoms with Gasteiger partial charge in [0, 0.05) is 0 Å². The van der Waals surface area contributed by atoms with E-state index in [0.717, 1.165) is 11.1 Å². The van der Waals surface area contributed by atoms with Gasteiger partial charge in [-0.15, -0.1) is 0 Å². The van der Waals surface area contributed by atoms with Gasteiger partial charge in [0.15, 0.2) is 29.6 Å². The Morgan fingerprint density at radius 1 is 1.10 bits per heavy atom. The van der Waals surface area contributed by atoms with Crippen LogP contribution < -0.4 is 20.5 Å². The van der Waals surface area contributed by atoms with E-state index in [-0.39, 0.29) is 16.1 Å². The zero-order chi connectivity index (χ0) is 28.5. The molecule has 2 aromatic carbocycles. The largest absolute Gasteiger partial charge is 0.587 e. The Morgan fingerprint density at radius 2 is 1.62 bits per heavy atom. The number of aromatic nitrogens is 2. The van der Waals surface area contributed by atoms with Gasteiger partial charge in [0.25, 0.3) is 6.43 Å². The minimum atomic E-state index is -4.79. The highest BCUT2D eigenvalue weighted by Gasteiger charge is 2.62. The summed E-state index contributed by atoms with van der Waals surface area (Å²) in [5, 5.41) is 10.5. The Bertz CT molecular complexity index is 1370. The molecule has 0 radical (unpaired) electrons. The monoisotopic (exact) mass is 573 g/mol. The Morgan fingerprint density at radius 3 is 2.10 bits per heavy atom. The minimum absolute atomic E-state index is 0.00810. The van der Waals surface area contributed by atoms with Gasteiger partial charge in [-0.1, -0.05) is 35.4 Å². The summed E-state index contributed by atoms with van der Waals surface area (Å²) >= 11 is 0. The number of aryl methyl sites for hydroxylation is 2. The maximum absolute atomic E-state index is 15.1. The van der Waals surface area contributed by atoms with E-state index < -0.39 is 62.3 Å². The summed E-state index contributed by atoms with van der Waals surface area (Å²) in [6.45, 7) is 2.15. The Hall–Kier alpha value is -3.45. The second-order valence-electron chi connectivity index (χ2n) is 8.85. The van der Waals surface area contributed by atoms with E-state index in [1.165, 1.54) is 24.3 Å². The first-order valence-corrected chi connectivity index (χ1v) is 12.9. The van der Waals surface area contributed by atoms with Crippen molar-refractivity contribution in [1.82, 2.24) is 9.55 Å². The SMILES string of the molecule is Cc1ccc(OP(=O)(OC[C@@]2(C(F)F)O[C@@H](n3cc(F)c(N)nc3=O)[C@@H](F)[C@@H]2O)Oc2ccc(C)cc2)cc1. The van der Waals surface area contributed by atoms with Crippen LogP contribution in [0.1, 0.15) is 17.4 Å². The van der Waals surface area contributed by atoms with E-state index in [9.17, 15) is 27.6 Å². The summed E-state index contributed by atoms with van der Waals surface area (Å²) in [4.78, 5) is 15.3. The Labute approximate surface area is 219 Å². The molecule has 0 aliphatic carbocycles. The van der Waals surface area contributed by atoms with Crippen molar-refractivity contribution >= 4 is 13.6 Å². The number of hydrogen-bond acceptors (Lipinski definition) is 9. The molecule has 3 aromatic rings. The van der Waals surface area contributed by atoms with Gasteiger partial charge in [0.1, 0.15) is 17.6 Å². The summed E-state index contributed by atoms with van der Waals surface area (Å²) in [5.74, 6) is -2.08. The highest BCUT2D eigenvalue weighted by atomic mass is 31.2. The van der Waals surface area contributed by atoms with Gasteiger partial charge in [-0.2, -0.15) is 4.98 Å². The van der Waals surface area contributed by atoms with Crippen LogP contribution in [-0.4, -0.2) is 45.6 Å². The molecular weight excluding hydrogens is 549 g/mol. The minimum Gasteiger partial charge on any atom is -0.395 e. The smallest absolute Gasteiger partial charge is 0.395 e. The van der Waals surface area contributed by atoms with Gasteiger partial charge in [-0.25, -0.2) is 26.9 Å². The molecule has 0 bridgehead atoms. The molecule has 1 aliphatic heterocycles. The molecule has 1 saturated heterocycles. The number of aliphatic hydroxyl groups excluding tert-OH is 1. The number of nitrogens with zero attached hydrogens (tertiary/aromatic N) is 2. The lowest BCUT2D eigenvalue weighted by Crippen LogP contribution is -2.52. The van der Waals surface area contributed by atoms with Gasteiger partial charge >= 0.3 is 13.5 Å². The average Bonchev–Trinajstić information content (AvgIpc) is 3.14. The predicted octanol–water partition coefficient (Wildman–Crippen LogP) is 4.10. The van der Waals surface area contributed by atoms with E-state index in [4.69, 9.17) is 24.0 Å². The maximum Gasteiger partial charge on any atom is 0.587 e. The van der Waals surface area contributed by atoms with Crippen molar-refractivity contribution in [1.29, 1.82) is 0 Å². The number of ether oxygens (including phenoxy) is 1. The molecule has 39 heavy (non-hydrogen) atoms. The van der Waals surface area contributed by atoms with E-state index in [1.54, 1.807) is 38.1 Å². The fourth-order valence-corrected chi connectivity index (χ4v) is 4.97.